The van der Waals surface area contributed by atoms with E-state index in [1.807, 2.05) is 0 Å². The molecular formula is C10H9F4NO2. The number of amides is 1. The SMILES string of the molecule is O=C(Cc1ccc(F)cc1)NOCC(F)(F)F. The standard InChI is InChI=1S/C10H9F4NO2/c11-8-3-1-7(2-4-8)5-9(16)15-17-6-10(12,13)14/h1-4H,5-6H2,(H,15,16). The summed E-state index contributed by atoms with van der Waals surface area (Å²) in [4.78, 5) is 15.0. The van der Waals surface area contributed by atoms with E-state index in [4.69, 9.17) is 0 Å². The van der Waals surface area contributed by atoms with Gasteiger partial charge in [-0.15, -0.1) is 0 Å². The molecule has 7 heteroatoms. The summed E-state index contributed by atoms with van der Waals surface area (Å²) in [6.45, 7) is -1.55. The van der Waals surface area contributed by atoms with Crippen LogP contribution >= 0.6 is 0 Å². The van der Waals surface area contributed by atoms with Gasteiger partial charge in [-0.25, -0.2) is 9.87 Å². The van der Waals surface area contributed by atoms with Crippen molar-refractivity contribution in [1.82, 2.24) is 5.48 Å². The quantitative estimate of drug-likeness (QED) is 0.656. The van der Waals surface area contributed by atoms with Crippen LogP contribution in [0, 0.1) is 5.82 Å². The van der Waals surface area contributed by atoms with Crippen molar-refractivity contribution in [2.24, 2.45) is 0 Å². The summed E-state index contributed by atoms with van der Waals surface area (Å²) in [7, 11) is 0. The Morgan fingerprint density at radius 1 is 1.24 bits per heavy atom. The molecule has 0 saturated heterocycles. The first-order chi connectivity index (χ1) is 7.87. The molecule has 0 saturated carbocycles. The van der Waals surface area contributed by atoms with Crippen LogP contribution in [0.2, 0.25) is 0 Å². The van der Waals surface area contributed by atoms with Crippen molar-refractivity contribution >= 4 is 5.91 Å². The minimum Gasteiger partial charge on any atom is -0.272 e. The van der Waals surface area contributed by atoms with Crippen LogP contribution in [-0.4, -0.2) is 18.7 Å². The highest BCUT2D eigenvalue weighted by Gasteiger charge is 2.28. The molecule has 1 N–H and O–H groups in total. The molecule has 0 atom stereocenters. The van der Waals surface area contributed by atoms with Gasteiger partial charge in [-0.05, 0) is 17.7 Å². The van der Waals surface area contributed by atoms with Crippen molar-refractivity contribution in [2.75, 3.05) is 6.61 Å². The van der Waals surface area contributed by atoms with E-state index in [1.165, 1.54) is 12.1 Å². The van der Waals surface area contributed by atoms with E-state index in [0.29, 0.717) is 5.56 Å². The largest absolute Gasteiger partial charge is 0.414 e. The average molecular weight is 251 g/mol. The van der Waals surface area contributed by atoms with Crippen LogP contribution in [0.3, 0.4) is 0 Å². The number of hydrogen-bond donors (Lipinski definition) is 1. The Labute approximate surface area is 94.3 Å². The van der Waals surface area contributed by atoms with Crippen molar-refractivity contribution in [1.29, 1.82) is 0 Å². The number of nitrogens with one attached hydrogen (secondary N) is 1. The lowest BCUT2D eigenvalue weighted by Gasteiger charge is -2.08. The van der Waals surface area contributed by atoms with Crippen LogP contribution in [-0.2, 0) is 16.1 Å². The predicted molar refractivity (Wildman–Crippen MR) is 50.3 cm³/mol. The molecule has 0 spiro atoms. The third kappa shape index (κ3) is 5.86. The predicted octanol–water partition coefficient (Wildman–Crippen LogP) is 1.98. The molecule has 1 amide bonds. The summed E-state index contributed by atoms with van der Waals surface area (Å²) in [6.07, 6.45) is -4.68. The molecule has 0 radical (unpaired) electrons. The van der Waals surface area contributed by atoms with Gasteiger partial charge in [0.1, 0.15) is 5.82 Å². The third-order valence-corrected chi connectivity index (χ3v) is 1.70. The molecule has 0 unspecified atom stereocenters. The topological polar surface area (TPSA) is 38.3 Å². The number of carbonyl (C=O) groups excluding carboxylic acids is 1. The lowest BCUT2D eigenvalue weighted by molar-refractivity contribution is -0.191. The van der Waals surface area contributed by atoms with Crippen molar-refractivity contribution in [3.8, 4) is 0 Å². The van der Waals surface area contributed by atoms with Gasteiger partial charge in [0.2, 0.25) is 5.91 Å². The van der Waals surface area contributed by atoms with Crippen LogP contribution in [0.15, 0.2) is 24.3 Å². The summed E-state index contributed by atoms with van der Waals surface area (Å²) in [6, 6.07) is 5.02. The normalized spacial score (nSPS) is 11.3. The second kappa shape index (κ2) is 5.62. The number of carbonyl (C=O) groups is 1. The number of hydroxylamine groups is 1. The monoisotopic (exact) mass is 251 g/mol. The molecule has 1 rings (SSSR count). The summed E-state index contributed by atoms with van der Waals surface area (Å²) < 4.78 is 47.5. The molecule has 17 heavy (non-hydrogen) atoms. The fourth-order valence-electron chi connectivity index (χ4n) is 1.02. The summed E-state index contributed by atoms with van der Waals surface area (Å²) in [5.41, 5.74) is 2.12. The van der Waals surface area contributed by atoms with Gasteiger partial charge in [0.25, 0.3) is 0 Å². The maximum absolute atomic E-state index is 12.5. The number of halogens is 4. The molecule has 3 nitrogen and oxygen atoms in total. The molecule has 0 aliphatic carbocycles. The van der Waals surface area contributed by atoms with Gasteiger partial charge in [-0.3, -0.25) is 9.63 Å². The second-order valence-electron chi connectivity index (χ2n) is 3.23. The highest BCUT2D eigenvalue weighted by atomic mass is 19.4. The first-order valence-corrected chi connectivity index (χ1v) is 4.58. The molecule has 0 heterocycles. The molecule has 94 valence electrons. The zero-order chi connectivity index (χ0) is 12.9. The Morgan fingerprint density at radius 3 is 2.35 bits per heavy atom. The van der Waals surface area contributed by atoms with Crippen LogP contribution in [0.4, 0.5) is 17.6 Å². The van der Waals surface area contributed by atoms with Crippen LogP contribution < -0.4 is 5.48 Å². The summed E-state index contributed by atoms with van der Waals surface area (Å²) in [5, 5.41) is 0. The smallest absolute Gasteiger partial charge is 0.272 e. The van der Waals surface area contributed by atoms with Gasteiger partial charge in [0.15, 0.2) is 6.61 Å². The lowest BCUT2D eigenvalue weighted by atomic mass is 10.1. The summed E-state index contributed by atoms with van der Waals surface area (Å²) in [5.74, 6) is -1.19. The zero-order valence-corrected chi connectivity index (χ0v) is 8.55. The van der Waals surface area contributed by atoms with Gasteiger partial charge in [-0.2, -0.15) is 13.2 Å². The molecule has 0 aromatic heterocycles. The number of rotatable bonds is 4. The van der Waals surface area contributed by atoms with Gasteiger partial charge in [-0.1, -0.05) is 12.1 Å². The van der Waals surface area contributed by atoms with Crippen molar-refractivity contribution in [2.45, 2.75) is 12.6 Å². The van der Waals surface area contributed by atoms with Crippen LogP contribution in [0.1, 0.15) is 5.56 Å². The second-order valence-corrected chi connectivity index (χ2v) is 3.23. The first-order valence-electron chi connectivity index (χ1n) is 4.58. The molecule has 1 aromatic carbocycles. The maximum atomic E-state index is 12.5. The highest BCUT2D eigenvalue weighted by Crippen LogP contribution is 2.13. The van der Waals surface area contributed by atoms with E-state index in [-0.39, 0.29) is 6.42 Å². The highest BCUT2D eigenvalue weighted by molar-refractivity contribution is 5.77. The fraction of sp³-hybridized carbons (Fsp3) is 0.300. The van der Waals surface area contributed by atoms with Gasteiger partial charge in [0.05, 0.1) is 6.42 Å². The first kappa shape index (κ1) is 13.4. The van der Waals surface area contributed by atoms with E-state index < -0.39 is 24.5 Å². The number of alkyl halides is 3. The van der Waals surface area contributed by atoms with Gasteiger partial charge < -0.3 is 0 Å². The molecule has 0 fully saturated rings. The van der Waals surface area contributed by atoms with E-state index in [1.54, 1.807) is 5.48 Å². The van der Waals surface area contributed by atoms with Gasteiger partial charge in [0, 0.05) is 0 Å². The van der Waals surface area contributed by atoms with Gasteiger partial charge >= 0.3 is 6.18 Å². The number of hydrogen-bond acceptors (Lipinski definition) is 2. The average Bonchev–Trinajstić information content (AvgIpc) is 2.19. The Bertz CT molecular complexity index is 375. The van der Waals surface area contributed by atoms with E-state index >= 15 is 0 Å². The fourth-order valence-corrected chi connectivity index (χ4v) is 1.02. The molecule has 0 aliphatic heterocycles. The van der Waals surface area contributed by atoms with E-state index in [0.717, 1.165) is 12.1 Å². The van der Waals surface area contributed by atoms with Crippen LogP contribution in [0.5, 0.6) is 0 Å². The third-order valence-electron chi connectivity index (χ3n) is 1.70. The number of benzene rings is 1. The van der Waals surface area contributed by atoms with E-state index in [9.17, 15) is 22.4 Å². The Balaban J connectivity index is 2.32. The minimum atomic E-state index is -4.50. The Kier molecular flexibility index (Phi) is 4.45. The van der Waals surface area contributed by atoms with E-state index in [2.05, 4.69) is 4.84 Å². The van der Waals surface area contributed by atoms with Crippen LogP contribution in [0.25, 0.3) is 0 Å². The van der Waals surface area contributed by atoms with Crippen molar-refractivity contribution in [3.63, 3.8) is 0 Å². The molecule has 0 bridgehead atoms. The summed E-state index contributed by atoms with van der Waals surface area (Å²) >= 11 is 0. The Hall–Kier alpha value is -1.63. The van der Waals surface area contributed by atoms with Crippen molar-refractivity contribution < 1.29 is 27.2 Å². The Morgan fingerprint density at radius 2 is 1.82 bits per heavy atom. The minimum absolute atomic E-state index is 0.182. The molecular weight excluding hydrogens is 242 g/mol. The van der Waals surface area contributed by atoms with Crippen molar-refractivity contribution in [3.05, 3.63) is 35.6 Å². The maximum Gasteiger partial charge on any atom is 0.414 e. The zero-order valence-electron chi connectivity index (χ0n) is 8.55. The lowest BCUT2D eigenvalue weighted by Crippen LogP contribution is -2.30. The molecule has 0 aliphatic rings. The molecule has 1 aromatic rings.